The second-order valence-corrected chi connectivity index (χ2v) is 7.86. The molecule has 0 saturated carbocycles. The zero-order valence-electron chi connectivity index (χ0n) is 15.8. The summed E-state index contributed by atoms with van der Waals surface area (Å²) in [6.45, 7) is 7.34. The van der Waals surface area contributed by atoms with E-state index >= 15 is 0 Å². The van der Waals surface area contributed by atoms with Gasteiger partial charge in [-0.15, -0.1) is 0 Å². The van der Waals surface area contributed by atoms with Crippen LogP contribution in [0, 0.1) is 0 Å². The Bertz CT molecular complexity index is 644. The lowest BCUT2D eigenvalue weighted by Crippen LogP contribution is -2.49. The largest absolute Gasteiger partial charge is 0.494 e. The molecule has 5 nitrogen and oxygen atoms in total. The monoisotopic (exact) mass is 358 g/mol. The van der Waals surface area contributed by atoms with Crippen molar-refractivity contribution in [3.8, 4) is 5.75 Å². The van der Waals surface area contributed by atoms with Crippen molar-refractivity contribution in [2.24, 2.45) is 0 Å². The van der Waals surface area contributed by atoms with E-state index in [1.807, 2.05) is 36.1 Å². The maximum atomic E-state index is 13.0. The molecule has 3 aliphatic rings. The van der Waals surface area contributed by atoms with Gasteiger partial charge in [-0.3, -0.25) is 4.79 Å². The Morgan fingerprint density at radius 2 is 2.15 bits per heavy atom. The Kier molecular flexibility index (Phi) is 5.18. The maximum Gasteiger partial charge on any atom is 0.254 e. The third-order valence-corrected chi connectivity index (χ3v) is 6.12. The number of carbonyl (C=O) groups is 1. The van der Waals surface area contributed by atoms with Crippen LogP contribution in [0.5, 0.6) is 5.75 Å². The molecule has 1 aromatic rings. The quantitative estimate of drug-likeness (QED) is 0.830. The van der Waals surface area contributed by atoms with Gasteiger partial charge in [-0.2, -0.15) is 0 Å². The number of rotatable bonds is 4. The van der Waals surface area contributed by atoms with Crippen LogP contribution < -0.4 is 4.74 Å². The first kappa shape index (κ1) is 17.8. The summed E-state index contributed by atoms with van der Waals surface area (Å²) in [5.74, 6) is 0.852. The van der Waals surface area contributed by atoms with E-state index in [1.165, 1.54) is 25.9 Å². The van der Waals surface area contributed by atoms with Crippen LogP contribution in [-0.2, 0) is 4.74 Å². The molecule has 0 aliphatic carbocycles. The van der Waals surface area contributed by atoms with Crippen LogP contribution >= 0.6 is 0 Å². The Labute approximate surface area is 156 Å². The van der Waals surface area contributed by atoms with Gasteiger partial charge in [0.1, 0.15) is 5.75 Å². The highest BCUT2D eigenvalue weighted by atomic mass is 16.5. The summed E-state index contributed by atoms with van der Waals surface area (Å²) in [5, 5.41) is 0. The fourth-order valence-electron chi connectivity index (χ4n) is 4.79. The van der Waals surface area contributed by atoms with Gasteiger partial charge in [0.05, 0.1) is 18.8 Å². The number of likely N-dealkylation sites (tertiary alicyclic amines) is 2. The number of carbonyl (C=O) groups excluding carboxylic acids is 1. The van der Waals surface area contributed by atoms with Gasteiger partial charge in [0.15, 0.2) is 0 Å². The molecule has 3 aliphatic heterocycles. The minimum Gasteiger partial charge on any atom is -0.494 e. The van der Waals surface area contributed by atoms with E-state index < -0.39 is 0 Å². The molecule has 0 N–H and O–H groups in total. The van der Waals surface area contributed by atoms with Crippen molar-refractivity contribution >= 4 is 5.91 Å². The number of amides is 1. The molecule has 0 unspecified atom stereocenters. The van der Waals surface area contributed by atoms with E-state index in [9.17, 15) is 4.79 Å². The fraction of sp³-hybridized carbons (Fsp3) is 0.667. The third-order valence-electron chi connectivity index (χ3n) is 6.12. The second-order valence-electron chi connectivity index (χ2n) is 7.86. The molecule has 5 heteroatoms. The summed E-state index contributed by atoms with van der Waals surface area (Å²) >= 11 is 0. The fourth-order valence-corrected chi connectivity index (χ4v) is 4.79. The number of hydrogen-bond acceptors (Lipinski definition) is 4. The van der Waals surface area contributed by atoms with Crippen LogP contribution in [0.3, 0.4) is 0 Å². The predicted molar refractivity (Wildman–Crippen MR) is 101 cm³/mol. The first-order valence-corrected chi connectivity index (χ1v) is 10.1. The van der Waals surface area contributed by atoms with Crippen molar-refractivity contribution in [2.45, 2.75) is 50.7 Å². The summed E-state index contributed by atoms with van der Waals surface area (Å²) in [4.78, 5) is 17.6. The molecule has 3 fully saturated rings. The topological polar surface area (TPSA) is 42.0 Å². The molecule has 3 saturated heterocycles. The van der Waals surface area contributed by atoms with Gasteiger partial charge in [0.25, 0.3) is 5.91 Å². The van der Waals surface area contributed by atoms with E-state index in [2.05, 4.69) is 4.90 Å². The van der Waals surface area contributed by atoms with Crippen LogP contribution in [0.4, 0.5) is 0 Å². The Morgan fingerprint density at radius 1 is 1.31 bits per heavy atom. The molecule has 26 heavy (non-hydrogen) atoms. The van der Waals surface area contributed by atoms with Crippen LogP contribution in [0.25, 0.3) is 0 Å². The van der Waals surface area contributed by atoms with E-state index in [0.29, 0.717) is 18.2 Å². The van der Waals surface area contributed by atoms with Crippen molar-refractivity contribution in [3.05, 3.63) is 29.8 Å². The summed E-state index contributed by atoms with van der Waals surface area (Å²) < 4.78 is 11.8. The van der Waals surface area contributed by atoms with Crippen molar-refractivity contribution in [2.75, 3.05) is 39.4 Å². The van der Waals surface area contributed by atoms with Gasteiger partial charge >= 0.3 is 0 Å². The zero-order valence-corrected chi connectivity index (χ0v) is 15.8. The molecule has 1 amide bonds. The van der Waals surface area contributed by atoms with Gasteiger partial charge in [-0.1, -0.05) is 6.07 Å². The number of hydrogen-bond donors (Lipinski definition) is 0. The van der Waals surface area contributed by atoms with Crippen molar-refractivity contribution < 1.29 is 14.3 Å². The maximum absolute atomic E-state index is 13.0. The highest BCUT2D eigenvalue weighted by molar-refractivity contribution is 5.94. The molecular weight excluding hydrogens is 328 g/mol. The van der Waals surface area contributed by atoms with E-state index in [0.717, 1.165) is 44.7 Å². The van der Waals surface area contributed by atoms with Crippen molar-refractivity contribution in [1.82, 2.24) is 9.80 Å². The summed E-state index contributed by atoms with van der Waals surface area (Å²) in [7, 11) is 0. The summed E-state index contributed by atoms with van der Waals surface area (Å²) in [6, 6.07) is 8.15. The minimum absolute atomic E-state index is 0.0929. The lowest BCUT2D eigenvalue weighted by molar-refractivity contribution is -0.0946. The van der Waals surface area contributed by atoms with Gasteiger partial charge < -0.3 is 19.3 Å². The second kappa shape index (κ2) is 7.57. The highest BCUT2D eigenvalue weighted by Gasteiger charge is 2.46. The minimum atomic E-state index is -0.140. The first-order chi connectivity index (χ1) is 12.7. The molecule has 3 heterocycles. The average Bonchev–Trinajstić information content (AvgIpc) is 3.33. The third kappa shape index (κ3) is 3.60. The summed E-state index contributed by atoms with van der Waals surface area (Å²) in [6.07, 6.45) is 5.80. The number of benzene rings is 1. The number of ether oxygens (including phenoxy) is 2. The van der Waals surface area contributed by atoms with Gasteiger partial charge in [-0.25, -0.2) is 0 Å². The SMILES string of the molecule is CCOc1cccc(C(=O)N2CC[C@]3(C[C@H](N4CCCC4)CCO3)C2)c1. The van der Waals surface area contributed by atoms with E-state index in [-0.39, 0.29) is 11.5 Å². The smallest absolute Gasteiger partial charge is 0.254 e. The Balaban J connectivity index is 1.42. The lowest BCUT2D eigenvalue weighted by Gasteiger charge is -2.41. The van der Waals surface area contributed by atoms with Crippen LogP contribution in [-0.4, -0.2) is 66.7 Å². The summed E-state index contributed by atoms with van der Waals surface area (Å²) in [5.41, 5.74) is 0.568. The van der Waals surface area contributed by atoms with Crippen LogP contribution in [0.1, 0.15) is 49.4 Å². The van der Waals surface area contributed by atoms with E-state index in [4.69, 9.17) is 9.47 Å². The van der Waals surface area contributed by atoms with Crippen LogP contribution in [0.15, 0.2) is 24.3 Å². The predicted octanol–water partition coefficient (Wildman–Crippen LogP) is 2.94. The lowest BCUT2D eigenvalue weighted by atomic mass is 9.89. The van der Waals surface area contributed by atoms with Crippen molar-refractivity contribution in [1.29, 1.82) is 0 Å². The zero-order chi connectivity index (χ0) is 18.0. The first-order valence-electron chi connectivity index (χ1n) is 10.1. The van der Waals surface area contributed by atoms with Gasteiger partial charge in [-0.05, 0) is 70.3 Å². The molecule has 2 atom stereocenters. The van der Waals surface area contributed by atoms with Crippen molar-refractivity contribution in [3.63, 3.8) is 0 Å². The van der Waals surface area contributed by atoms with Crippen LogP contribution in [0.2, 0.25) is 0 Å². The Morgan fingerprint density at radius 3 is 2.96 bits per heavy atom. The van der Waals surface area contributed by atoms with E-state index in [1.54, 1.807) is 0 Å². The average molecular weight is 358 g/mol. The molecule has 1 aromatic carbocycles. The molecule has 0 aromatic heterocycles. The highest BCUT2D eigenvalue weighted by Crippen LogP contribution is 2.37. The molecular formula is C21H30N2O3. The Hall–Kier alpha value is -1.59. The molecule has 0 radical (unpaired) electrons. The molecule has 0 bridgehead atoms. The normalized spacial score (nSPS) is 29.4. The van der Waals surface area contributed by atoms with Gasteiger partial charge in [0, 0.05) is 24.8 Å². The van der Waals surface area contributed by atoms with Gasteiger partial charge in [0.2, 0.25) is 0 Å². The standard InChI is InChI=1S/C21H30N2O3/c1-2-25-19-7-5-6-17(14-19)20(24)23-12-9-21(16-23)15-18(8-13-26-21)22-10-3-4-11-22/h5-7,14,18H,2-4,8-13,15-16H2,1H3/t18-,21+/m1/s1. The molecule has 4 rings (SSSR count). The molecule has 1 spiro atoms. The number of nitrogens with zero attached hydrogens (tertiary/aromatic N) is 2. The molecule has 142 valence electrons.